The molecule has 0 aliphatic carbocycles. The number of anilines is 1. The van der Waals surface area contributed by atoms with Crippen LogP contribution in [0.5, 0.6) is 0 Å². The number of pyridine rings is 1. The van der Waals surface area contributed by atoms with Crippen LogP contribution < -0.4 is 5.32 Å². The van der Waals surface area contributed by atoms with E-state index in [9.17, 15) is 4.79 Å². The quantitative estimate of drug-likeness (QED) is 0.502. The lowest BCUT2D eigenvalue weighted by Crippen LogP contribution is -2.12. The molecule has 7 nitrogen and oxygen atoms in total. The van der Waals surface area contributed by atoms with Crippen molar-refractivity contribution in [3.8, 4) is 22.6 Å². The monoisotopic (exact) mass is 411 g/mol. The average molecular weight is 412 g/mol. The molecule has 0 saturated carbocycles. The van der Waals surface area contributed by atoms with Gasteiger partial charge in [0, 0.05) is 46.8 Å². The summed E-state index contributed by atoms with van der Waals surface area (Å²) in [5.41, 5.74) is 2.54. The lowest BCUT2D eigenvalue weighted by Gasteiger charge is -1.99. The number of aryl methyl sites for hydroxylation is 1. The van der Waals surface area contributed by atoms with Crippen molar-refractivity contribution in [1.82, 2.24) is 20.1 Å². The number of rotatable bonds is 6. The van der Waals surface area contributed by atoms with Crippen molar-refractivity contribution in [3.63, 3.8) is 0 Å². The standard InChI is InChI=1S/C19H14ClN5O2S/c20-14-3-1-12(2-4-14)15-11-28-19(22-15)23-16(26)5-6-17-24-18(25-27-17)13-7-9-21-10-8-13/h1-4,7-11H,5-6H2,(H,22,23,26). The molecule has 140 valence electrons. The molecule has 1 aromatic carbocycles. The molecule has 1 N–H and O–H groups in total. The first kappa shape index (κ1) is 18.3. The smallest absolute Gasteiger partial charge is 0.227 e. The van der Waals surface area contributed by atoms with E-state index in [1.807, 2.05) is 17.5 Å². The highest BCUT2D eigenvalue weighted by atomic mass is 35.5. The highest BCUT2D eigenvalue weighted by molar-refractivity contribution is 7.14. The molecule has 9 heteroatoms. The zero-order valence-corrected chi connectivity index (χ0v) is 16.1. The Morgan fingerprint density at radius 1 is 1.07 bits per heavy atom. The number of hydrogen-bond donors (Lipinski definition) is 1. The summed E-state index contributed by atoms with van der Waals surface area (Å²) in [7, 11) is 0. The molecular formula is C19H14ClN5O2S. The summed E-state index contributed by atoms with van der Waals surface area (Å²) < 4.78 is 5.21. The number of nitrogens with zero attached hydrogens (tertiary/aromatic N) is 4. The highest BCUT2D eigenvalue weighted by Gasteiger charge is 2.12. The van der Waals surface area contributed by atoms with Gasteiger partial charge in [0.1, 0.15) is 0 Å². The number of aromatic nitrogens is 4. The molecule has 0 atom stereocenters. The zero-order chi connectivity index (χ0) is 19.3. The maximum Gasteiger partial charge on any atom is 0.227 e. The van der Waals surface area contributed by atoms with Crippen LogP contribution in [-0.4, -0.2) is 26.0 Å². The topological polar surface area (TPSA) is 93.8 Å². The lowest BCUT2D eigenvalue weighted by atomic mass is 10.2. The van der Waals surface area contributed by atoms with Crippen LogP contribution in [0.4, 0.5) is 5.13 Å². The number of thiazole rings is 1. The maximum absolute atomic E-state index is 12.2. The Bertz CT molecular complexity index is 1080. The first-order chi connectivity index (χ1) is 13.7. The van der Waals surface area contributed by atoms with E-state index < -0.39 is 0 Å². The number of benzene rings is 1. The third-order valence-electron chi connectivity index (χ3n) is 3.86. The average Bonchev–Trinajstić information content (AvgIpc) is 3.37. The van der Waals surface area contributed by atoms with Crippen molar-refractivity contribution in [1.29, 1.82) is 0 Å². The number of hydrogen-bond acceptors (Lipinski definition) is 7. The van der Waals surface area contributed by atoms with Crippen molar-refractivity contribution < 1.29 is 9.32 Å². The van der Waals surface area contributed by atoms with Crippen molar-refractivity contribution >= 4 is 34.0 Å². The molecule has 0 fully saturated rings. The molecule has 0 spiro atoms. The fraction of sp³-hybridized carbons (Fsp3) is 0.105. The molecule has 1 amide bonds. The van der Waals surface area contributed by atoms with E-state index >= 15 is 0 Å². The van der Waals surface area contributed by atoms with Crippen LogP contribution in [0.25, 0.3) is 22.6 Å². The fourth-order valence-electron chi connectivity index (χ4n) is 2.46. The second-order valence-corrected chi connectivity index (χ2v) is 7.14. The van der Waals surface area contributed by atoms with E-state index in [2.05, 4.69) is 25.4 Å². The van der Waals surface area contributed by atoms with Gasteiger partial charge in [-0.25, -0.2) is 4.98 Å². The molecule has 0 aliphatic rings. The van der Waals surface area contributed by atoms with Gasteiger partial charge in [0.05, 0.1) is 5.69 Å². The molecule has 3 aromatic heterocycles. The first-order valence-corrected chi connectivity index (χ1v) is 9.67. The summed E-state index contributed by atoms with van der Waals surface area (Å²) in [6.45, 7) is 0. The van der Waals surface area contributed by atoms with Crippen molar-refractivity contribution in [3.05, 3.63) is 65.1 Å². The Balaban J connectivity index is 1.33. The summed E-state index contributed by atoms with van der Waals surface area (Å²) in [6, 6.07) is 11.0. The van der Waals surface area contributed by atoms with Crippen LogP contribution in [0.3, 0.4) is 0 Å². The number of carbonyl (C=O) groups is 1. The molecule has 4 rings (SSSR count). The van der Waals surface area contributed by atoms with Gasteiger partial charge in [-0.15, -0.1) is 11.3 Å². The van der Waals surface area contributed by atoms with Gasteiger partial charge < -0.3 is 9.84 Å². The van der Waals surface area contributed by atoms with Crippen LogP contribution in [0, 0.1) is 0 Å². The first-order valence-electron chi connectivity index (χ1n) is 8.42. The van der Waals surface area contributed by atoms with Gasteiger partial charge in [0.2, 0.25) is 17.6 Å². The van der Waals surface area contributed by atoms with E-state index in [0.717, 1.165) is 16.8 Å². The third-order valence-corrected chi connectivity index (χ3v) is 4.87. The molecule has 4 aromatic rings. The van der Waals surface area contributed by atoms with Gasteiger partial charge in [-0.05, 0) is 24.3 Å². The molecule has 0 aliphatic heterocycles. The Labute approximate surface area is 169 Å². The second-order valence-electron chi connectivity index (χ2n) is 5.84. The maximum atomic E-state index is 12.2. The molecule has 0 saturated heterocycles. The summed E-state index contributed by atoms with van der Waals surface area (Å²) in [5.74, 6) is 0.717. The Hall–Kier alpha value is -3.10. The van der Waals surface area contributed by atoms with Gasteiger partial charge in [0.15, 0.2) is 5.13 Å². The molecule has 3 heterocycles. The summed E-state index contributed by atoms with van der Waals surface area (Å²) in [5, 5.41) is 9.82. The minimum Gasteiger partial charge on any atom is -0.339 e. The van der Waals surface area contributed by atoms with Gasteiger partial charge in [0.25, 0.3) is 0 Å². The van der Waals surface area contributed by atoms with E-state index in [4.69, 9.17) is 16.1 Å². The van der Waals surface area contributed by atoms with E-state index in [0.29, 0.717) is 28.3 Å². The molecule has 0 radical (unpaired) electrons. The van der Waals surface area contributed by atoms with Gasteiger partial charge in [-0.2, -0.15) is 4.98 Å². The molecule has 28 heavy (non-hydrogen) atoms. The molecular weight excluding hydrogens is 398 g/mol. The van der Waals surface area contributed by atoms with E-state index in [-0.39, 0.29) is 12.3 Å². The van der Waals surface area contributed by atoms with Crippen LogP contribution in [0.15, 0.2) is 58.7 Å². The summed E-state index contributed by atoms with van der Waals surface area (Å²) in [6.07, 6.45) is 3.88. The minimum atomic E-state index is -0.166. The third kappa shape index (κ3) is 4.41. The predicted octanol–water partition coefficient (Wildman–Crippen LogP) is 4.48. The second kappa shape index (κ2) is 8.28. The van der Waals surface area contributed by atoms with Gasteiger partial charge in [-0.3, -0.25) is 9.78 Å². The Morgan fingerprint density at radius 3 is 2.64 bits per heavy atom. The zero-order valence-electron chi connectivity index (χ0n) is 14.5. The van der Waals surface area contributed by atoms with Crippen LogP contribution in [0.2, 0.25) is 5.02 Å². The normalized spacial score (nSPS) is 10.8. The van der Waals surface area contributed by atoms with E-state index in [1.165, 1.54) is 11.3 Å². The van der Waals surface area contributed by atoms with Gasteiger partial charge in [-0.1, -0.05) is 28.9 Å². The van der Waals surface area contributed by atoms with Crippen molar-refractivity contribution in [2.75, 3.05) is 5.32 Å². The predicted molar refractivity (Wildman–Crippen MR) is 107 cm³/mol. The molecule has 0 bridgehead atoms. The largest absolute Gasteiger partial charge is 0.339 e. The number of carbonyl (C=O) groups excluding carboxylic acids is 1. The Kier molecular flexibility index (Phi) is 5.41. The lowest BCUT2D eigenvalue weighted by molar-refractivity contribution is -0.116. The SMILES string of the molecule is O=C(CCc1nc(-c2ccncc2)no1)Nc1nc(-c2ccc(Cl)cc2)cs1. The van der Waals surface area contributed by atoms with Crippen molar-refractivity contribution in [2.24, 2.45) is 0 Å². The fourth-order valence-corrected chi connectivity index (χ4v) is 3.32. The van der Waals surface area contributed by atoms with Crippen molar-refractivity contribution in [2.45, 2.75) is 12.8 Å². The van der Waals surface area contributed by atoms with E-state index in [1.54, 1.807) is 36.7 Å². The summed E-state index contributed by atoms with van der Waals surface area (Å²) in [4.78, 5) is 24.9. The number of halogens is 1. The highest BCUT2D eigenvalue weighted by Crippen LogP contribution is 2.26. The Morgan fingerprint density at radius 2 is 1.86 bits per heavy atom. The van der Waals surface area contributed by atoms with Crippen LogP contribution >= 0.6 is 22.9 Å². The number of amides is 1. The molecule has 0 unspecified atom stereocenters. The van der Waals surface area contributed by atoms with Gasteiger partial charge >= 0.3 is 0 Å². The minimum absolute atomic E-state index is 0.166. The van der Waals surface area contributed by atoms with Crippen LogP contribution in [0.1, 0.15) is 12.3 Å². The van der Waals surface area contributed by atoms with Crippen LogP contribution in [-0.2, 0) is 11.2 Å². The number of nitrogens with one attached hydrogen (secondary N) is 1. The summed E-state index contributed by atoms with van der Waals surface area (Å²) >= 11 is 7.27.